The number of carbonyl (C=O) groups excluding carboxylic acids is 1. The summed E-state index contributed by atoms with van der Waals surface area (Å²) < 4.78 is 0. The van der Waals surface area contributed by atoms with Crippen molar-refractivity contribution in [3.8, 4) is 0 Å². The molecule has 4 heteroatoms. The molecule has 0 spiro atoms. The van der Waals surface area contributed by atoms with Gasteiger partial charge in [-0.25, -0.2) is 4.79 Å². The zero-order chi connectivity index (χ0) is 14.4. The van der Waals surface area contributed by atoms with Gasteiger partial charge in [0.2, 0.25) is 0 Å². The molecule has 1 heterocycles. The lowest BCUT2D eigenvalue weighted by molar-refractivity contribution is 0.202. The summed E-state index contributed by atoms with van der Waals surface area (Å²) >= 11 is 5.87. The number of carbonyl (C=O) groups is 1. The number of hydrogen-bond acceptors (Lipinski definition) is 1. The van der Waals surface area contributed by atoms with E-state index in [-0.39, 0.29) is 6.03 Å². The lowest BCUT2D eigenvalue weighted by Crippen LogP contribution is -2.39. The van der Waals surface area contributed by atoms with E-state index in [4.69, 9.17) is 11.6 Å². The van der Waals surface area contributed by atoms with Crippen molar-refractivity contribution in [2.45, 2.75) is 25.8 Å². The van der Waals surface area contributed by atoms with Gasteiger partial charge in [0.05, 0.1) is 0 Å². The average molecular weight is 305 g/mol. The predicted octanol–water partition coefficient (Wildman–Crippen LogP) is 3.53. The van der Waals surface area contributed by atoms with Crippen molar-refractivity contribution in [3.63, 3.8) is 0 Å². The van der Waals surface area contributed by atoms with Gasteiger partial charge in [-0.15, -0.1) is 0 Å². The first kappa shape index (κ1) is 13.4. The molecule has 4 atom stereocenters. The van der Waals surface area contributed by atoms with Gasteiger partial charge in [0, 0.05) is 24.7 Å². The molecule has 3 fully saturated rings. The molecular weight excluding hydrogens is 284 g/mol. The number of likely N-dealkylation sites (tertiary alicyclic amines) is 1. The Morgan fingerprint density at radius 1 is 1.14 bits per heavy atom. The minimum atomic E-state index is 0.0961. The van der Waals surface area contributed by atoms with Gasteiger partial charge in [-0.05, 0) is 60.6 Å². The van der Waals surface area contributed by atoms with Gasteiger partial charge in [-0.2, -0.15) is 0 Å². The molecule has 1 aromatic carbocycles. The van der Waals surface area contributed by atoms with Crippen molar-refractivity contribution in [1.82, 2.24) is 10.2 Å². The summed E-state index contributed by atoms with van der Waals surface area (Å²) in [7, 11) is 0. The topological polar surface area (TPSA) is 32.3 Å². The molecule has 3 aliphatic rings. The Morgan fingerprint density at radius 2 is 1.76 bits per heavy atom. The predicted molar refractivity (Wildman–Crippen MR) is 83.1 cm³/mol. The number of urea groups is 1. The molecule has 1 saturated heterocycles. The Bertz CT molecular complexity index is 526. The smallest absolute Gasteiger partial charge is 0.317 e. The molecular formula is C17H21ClN2O. The van der Waals surface area contributed by atoms with E-state index in [0.717, 1.165) is 47.3 Å². The fraction of sp³-hybridized carbons (Fsp3) is 0.588. The first-order chi connectivity index (χ1) is 10.2. The molecule has 2 amide bonds. The van der Waals surface area contributed by atoms with E-state index in [1.54, 1.807) is 0 Å². The van der Waals surface area contributed by atoms with Gasteiger partial charge in [0.1, 0.15) is 0 Å². The second kappa shape index (κ2) is 5.20. The van der Waals surface area contributed by atoms with Crippen molar-refractivity contribution >= 4 is 17.6 Å². The van der Waals surface area contributed by atoms with Crippen molar-refractivity contribution in [1.29, 1.82) is 0 Å². The molecule has 1 aromatic rings. The Labute approximate surface area is 130 Å². The van der Waals surface area contributed by atoms with Gasteiger partial charge in [-0.3, -0.25) is 0 Å². The van der Waals surface area contributed by atoms with Crippen LogP contribution in [0.1, 0.15) is 24.8 Å². The summed E-state index contributed by atoms with van der Waals surface area (Å²) in [4.78, 5) is 14.4. The standard InChI is InChI=1S/C17H21ClN2O/c18-14-5-1-11(2-6-14)8-19-17(21)20-9-15-12-3-4-13(7-12)16(15)10-20/h1-2,5-6,12-13,15-16H,3-4,7-10H2,(H,19,21)/t12-,13+,15-,16+. The summed E-state index contributed by atoms with van der Waals surface area (Å²) in [6.45, 7) is 2.52. The number of hydrogen-bond donors (Lipinski definition) is 1. The quantitative estimate of drug-likeness (QED) is 0.890. The third-order valence-electron chi connectivity index (χ3n) is 5.78. The van der Waals surface area contributed by atoms with Crippen LogP contribution in [0.5, 0.6) is 0 Å². The van der Waals surface area contributed by atoms with Crippen LogP contribution < -0.4 is 5.32 Å². The third kappa shape index (κ3) is 2.42. The second-order valence-corrected chi connectivity index (χ2v) is 7.29. The van der Waals surface area contributed by atoms with Crippen LogP contribution in [0, 0.1) is 23.7 Å². The fourth-order valence-electron chi connectivity index (χ4n) is 4.74. The van der Waals surface area contributed by atoms with Crippen molar-refractivity contribution in [2.24, 2.45) is 23.7 Å². The highest BCUT2D eigenvalue weighted by Gasteiger charge is 2.52. The molecule has 1 aliphatic heterocycles. The number of rotatable bonds is 2. The maximum atomic E-state index is 12.3. The maximum Gasteiger partial charge on any atom is 0.317 e. The number of nitrogens with one attached hydrogen (secondary N) is 1. The zero-order valence-corrected chi connectivity index (χ0v) is 12.9. The molecule has 0 unspecified atom stereocenters. The van der Waals surface area contributed by atoms with Gasteiger partial charge >= 0.3 is 6.03 Å². The maximum absolute atomic E-state index is 12.3. The summed E-state index contributed by atoms with van der Waals surface area (Å²) in [5, 5.41) is 3.77. The Balaban J connectivity index is 1.33. The van der Waals surface area contributed by atoms with Crippen LogP contribution in [0.3, 0.4) is 0 Å². The van der Waals surface area contributed by atoms with Crippen LogP contribution in [0.25, 0.3) is 0 Å². The minimum Gasteiger partial charge on any atom is -0.334 e. The zero-order valence-electron chi connectivity index (χ0n) is 12.1. The first-order valence-electron chi connectivity index (χ1n) is 7.98. The molecule has 0 aromatic heterocycles. The van der Waals surface area contributed by atoms with E-state index in [1.165, 1.54) is 19.3 Å². The minimum absolute atomic E-state index is 0.0961. The van der Waals surface area contributed by atoms with Crippen LogP contribution in [0.2, 0.25) is 5.02 Å². The summed E-state index contributed by atoms with van der Waals surface area (Å²) in [5.41, 5.74) is 1.09. The lowest BCUT2D eigenvalue weighted by Gasteiger charge is -2.22. The highest BCUT2D eigenvalue weighted by molar-refractivity contribution is 6.30. The largest absolute Gasteiger partial charge is 0.334 e. The SMILES string of the molecule is O=C(NCc1ccc(Cl)cc1)N1C[C@@H]2[C@@H]3CC[C@@H](C3)[C@@H]2C1. The van der Waals surface area contributed by atoms with Crippen LogP contribution >= 0.6 is 11.6 Å². The lowest BCUT2D eigenvalue weighted by atomic mass is 9.82. The fourth-order valence-corrected chi connectivity index (χ4v) is 4.87. The second-order valence-electron chi connectivity index (χ2n) is 6.85. The molecule has 112 valence electrons. The highest BCUT2D eigenvalue weighted by Crippen LogP contribution is 2.55. The van der Waals surface area contributed by atoms with Crippen LogP contribution in [0.4, 0.5) is 4.79 Å². The number of halogens is 1. The van der Waals surface area contributed by atoms with E-state index >= 15 is 0 Å². The summed E-state index contributed by atoms with van der Waals surface area (Å²) in [6, 6.07) is 7.74. The monoisotopic (exact) mass is 304 g/mol. The normalized spacial score (nSPS) is 33.3. The van der Waals surface area contributed by atoms with E-state index in [9.17, 15) is 4.79 Å². The molecule has 21 heavy (non-hydrogen) atoms. The van der Waals surface area contributed by atoms with E-state index in [2.05, 4.69) is 5.32 Å². The van der Waals surface area contributed by atoms with Crippen LogP contribution in [-0.4, -0.2) is 24.0 Å². The van der Waals surface area contributed by atoms with E-state index < -0.39 is 0 Å². The van der Waals surface area contributed by atoms with E-state index in [1.807, 2.05) is 29.2 Å². The molecule has 2 aliphatic carbocycles. The molecule has 2 bridgehead atoms. The van der Waals surface area contributed by atoms with Crippen LogP contribution in [0.15, 0.2) is 24.3 Å². The van der Waals surface area contributed by atoms with Gasteiger partial charge in [0.15, 0.2) is 0 Å². The van der Waals surface area contributed by atoms with Crippen molar-refractivity contribution in [2.75, 3.05) is 13.1 Å². The van der Waals surface area contributed by atoms with Gasteiger partial charge in [-0.1, -0.05) is 23.7 Å². The van der Waals surface area contributed by atoms with Gasteiger partial charge < -0.3 is 10.2 Å². The summed E-state index contributed by atoms with van der Waals surface area (Å²) in [5.74, 6) is 3.36. The number of benzene rings is 1. The third-order valence-corrected chi connectivity index (χ3v) is 6.03. The van der Waals surface area contributed by atoms with Crippen LogP contribution in [-0.2, 0) is 6.54 Å². The average Bonchev–Trinajstić information content (AvgIpc) is 3.18. The molecule has 2 saturated carbocycles. The Morgan fingerprint density at radius 3 is 2.38 bits per heavy atom. The first-order valence-corrected chi connectivity index (χ1v) is 8.36. The Hall–Kier alpha value is -1.22. The number of nitrogens with zero attached hydrogens (tertiary/aromatic N) is 1. The molecule has 1 N–H and O–H groups in total. The highest BCUT2D eigenvalue weighted by atomic mass is 35.5. The molecule has 0 radical (unpaired) electrons. The number of fused-ring (bicyclic) bond motifs is 5. The summed E-state index contributed by atoms with van der Waals surface area (Å²) in [6.07, 6.45) is 4.22. The number of amides is 2. The molecule has 3 nitrogen and oxygen atoms in total. The van der Waals surface area contributed by atoms with Gasteiger partial charge in [0.25, 0.3) is 0 Å². The Kier molecular flexibility index (Phi) is 3.33. The van der Waals surface area contributed by atoms with Crippen molar-refractivity contribution < 1.29 is 4.79 Å². The van der Waals surface area contributed by atoms with E-state index in [0.29, 0.717) is 6.54 Å². The molecule has 4 rings (SSSR count). The van der Waals surface area contributed by atoms with Crippen molar-refractivity contribution in [3.05, 3.63) is 34.9 Å².